The van der Waals surface area contributed by atoms with Crippen molar-refractivity contribution in [3.8, 4) is 0 Å². The Bertz CT molecular complexity index is 544. The smallest absolute Gasteiger partial charge is 0.235 e. The summed E-state index contributed by atoms with van der Waals surface area (Å²) >= 11 is 0. The van der Waals surface area contributed by atoms with Crippen LogP contribution in [0.4, 0.5) is 5.69 Å². The highest BCUT2D eigenvalue weighted by Crippen LogP contribution is 2.29. The van der Waals surface area contributed by atoms with Crippen LogP contribution in [-0.4, -0.2) is 31.7 Å². The molecule has 1 saturated heterocycles. The van der Waals surface area contributed by atoms with Crippen LogP contribution in [0.25, 0.3) is 0 Å². The molecule has 0 radical (unpaired) electrons. The molecule has 4 nitrogen and oxygen atoms in total. The van der Waals surface area contributed by atoms with Gasteiger partial charge in [0, 0.05) is 12.2 Å². The van der Waals surface area contributed by atoms with Crippen molar-refractivity contribution in [2.75, 3.05) is 17.8 Å². The summed E-state index contributed by atoms with van der Waals surface area (Å²) in [5.41, 5.74) is 1.93. The van der Waals surface area contributed by atoms with E-state index in [2.05, 4.69) is 9.62 Å². The molecule has 1 saturated carbocycles. The van der Waals surface area contributed by atoms with Crippen LogP contribution >= 0.6 is 0 Å². The standard InChI is InChI=1S/C15H22N2O2S/c18-20(19,15-8-9-15)16-14-6-4-13(5-7-14)12-17-10-2-1-3-11-17/h4-7,15-16H,1-3,8-12H2. The first-order valence-electron chi connectivity index (χ1n) is 7.46. The molecule has 1 aromatic rings. The molecule has 1 heterocycles. The molecule has 3 rings (SSSR count). The lowest BCUT2D eigenvalue weighted by Crippen LogP contribution is -2.29. The third-order valence-corrected chi connectivity index (χ3v) is 5.90. The Morgan fingerprint density at radius 3 is 2.30 bits per heavy atom. The lowest BCUT2D eigenvalue weighted by atomic mass is 10.1. The number of nitrogens with zero attached hydrogens (tertiary/aromatic N) is 1. The number of rotatable bonds is 5. The number of likely N-dealkylation sites (tertiary alicyclic amines) is 1. The molecule has 5 heteroatoms. The maximum Gasteiger partial charge on any atom is 0.235 e. The molecule has 20 heavy (non-hydrogen) atoms. The first kappa shape index (κ1) is 13.9. The van der Waals surface area contributed by atoms with E-state index < -0.39 is 10.0 Å². The molecule has 0 amide bonds. The molecular weight excluding hydrogens is 272 g/mol. The maximum atomic E-state index is 11.8. The first-order valence-corrected chi connectivity index (χ1v) is 9.01. The van der Waals surface area contributed by atoms with E-state index in [0.717, 1.165) is 19.4 Å². The number of hydrogen-bond acceptors (Lipinski definition) is 3. The summed E-state index contributed by atoms with van der Waals surface area (Å²) in [5.74, 6) is 0. The molecule has 110 valence electrons. The average Bonchev–Trinajstić information content (AvgIpc) is 3.27. The second kappa shape index (κ2) is 5.74. The summed E-state index contributed by atoms with van der Waals surface area (Å²) in [7, 11) is -3.14. The van der Waals surface area contributed by atoms with Crippen LogP contribution in [0.1, 0.15) is 37.7 Å². The predicted octanol–water partition coefficient (Wildman–Crippen LogP) is 2.58. The van der Waals surface area contributed by atoms with E-state index in [-0.39, 0.29) is 5.25 Å². The van der Waals surface area contributed by atoms with Gasteiger partial charge in [-0.15, -0.1) is 0 Å². The first-order chi connectivity index (χ1) is 9.63. The number of piperidine rings is 1. The van der Waals surface area contributed by atoms with Gasteiger partial charge in [-0.05, 0) is 56.5 Å². The monoisotopic (exact) mass is 294 g/mol. The van der Waals surface area contributed by atoms with Crippen molar-refractivity contribution in [1.29, 1.82) is 0 Å². The van der Waals surface area contributed by atoms with E-state index in [4.69, 9.17) is 0 Å². The summed E-state index contributed by atoms with van der Waals surface area (Å²) in [6.07, 6.45) is 5.52. The highest BCUT2D eigenvalue weighted by molar-refractivity contribution is 7.93. The highest BCUT2D eigenvalue weighted by Gasteiger charge is 2.35. The zero-order chi connectivity index (χ0) is 14.0. The van der Waals surface area contributed by atoms with Crippen LogP contribution in [0.5, 0.6) is 0 Å². The maximum absolute atomic E-state index is 11.8. The number of anilines is 1. The van der Waals surface area contributed by atoms with Gasteiger partial charge in [-0.3, -0.25) is 9.62 Å². The zero-order valence-corrected chi connectivity index (χ0v) is 12.5. The van der Waals surface area contributed by atoms with Gasteiger partial charge in [-0.1, -0.05) is 18.6 Å². The summed E-state index contributed by atoms with van der Waals surface area (Å²) < 4.78 is 26.4. The Morgan fingerprint density at radius 2 is 1.70 bits per heavy atom. The topological polar surface area (TPSA) is 49.4 Å². The van der Waals surface area contributed by atoms with Gasteiger partial charge in [-0.2, -0.15) is 0 Å². The number of hydrogen-bond donors (Lipinski definition) is 1. The minimum Gasteiger partial charge on any atom is -0.299 e. The zero-order valence-electron chi connectivity index (χ0n) is 11.7. The van der Waals surface area contributed by atoms with Crippen LogP contribution in [0, 0.1) is 0 Å². The van der Waals surface area contributed by atoms with E-state index in [9.17, 15) is 8.42 Å². The van der Waals surface area contributed by atoms with Crippen molar-refractivity contribution in [3.63, 3.8) is 0 Å². The normalized spacial score (nSPS) is 20.8. The molecule has 0 bridgehead atoms. The number of sulfonamides is 1. The van der Waals surface area contributed by atoms with E-state index in [1.54, 1.807) is 0 Å². The fourth-order valence-electron chi connectivity index (χ4n) is 2.68. The van der Waals surface area contributed by atoms with Gasteiger partial charge in [0.25, 0.3) is 0 Å². The molecule has 1 N–H and O–H groups in total. The molecule has 0 aromatic heterocycles. The van der Waals surface area contributed by atoms with Gasteiger partial charge in [-0.25, -0.2) is 8.42 Å². The quantitative estimate of drug-likeness (QED) is 0.908. The lowest BCUT2D eigenvalue weighted by molar-refractivity contribution is 0.221. The van der Waals surface area contributed by atoms with Crippen molar-refractivity contribution in [1.82, 2.24) is 4.90 Å². The fourth-order valence-corrected chi connectivity index (χ4v) is 4.07. The second-order valence-corrected chi connectivity index (χ2v) is 7.84. The molecular formula is C15H22N2O2S. The van der Waals surface area contributed by atoms with Gasteiger partial charge in [0.2, 0.25) is 10.0 Å². The number of benzene rings is 1. The van der Waals surface area contributed by atoms with E-state index >= 15 is 0 Å². The van der Waals surface area contributed by atoms with Crippen molar-refractivity contribution in [3.05, 3.63) is 29.8 Å². The fraction of sp³-hybridized carbons (Fsp3) is 0.600. The van der Waals surface area contributed by atoms with Gasteiger partial charge in [0.1, 0.15) is 0 Å². The van der Waals surface area contributed by atoms with Gasteiger partial charge < -0.3 is 0 Å². The molecule has 1 aliphatic carbocycles. The van der Waals surface area contributed by atoms with Gasteiger partial charge in [0.15, 0.2) is 0 Å². The Balaban J connectivity index is 1.59. The second-order valence-electron chi connectivity index (χ2n) is 5.88. The Kier molecular flexibility index (Phi) is 3.98. The Hall–Kier alpha value is -1.07. The minimum absolute atomic E-state index is 0.171. The molecule has 1 aliphatic heterocycles. The largest absolute Gasteiger partial charge is 0.299 e. The van der Waals surface area contributed by atoms with Crippen molar-refractivity contribution in [2.45, 2.75) is 43.9 Å². The van der Waals surface area contributed by atoms with Crippen LogP contribution in [0.15, 0.2) is 24.3 Å². The average molecular weight is 294 g/mol. The third-order valence-electron chi connectivity index (χ3n) is 4.03. The molecule has 2 aliphatic rings. The van der Waals surface area contributed by atoms with Crippen LogP contribution in [-0.2, 0) is 16.6 Å². The Labute approximate surface area is 121 Å². The van der Waals surface area contributed by atoms with Gasteiger partial charge >= 0.3 is 0 Å². The van der Waals surface area contributed by atoms with E-state index in [0.29, 0.717) is 5.69 Å². The molecule has 0 spiro atoms. The van der Waals surface area contributed by atoms with Crippen LogP contribution in [0.2, 0.25) is 0 Å². The summed E-state index contributed by atoms with van der Waals surface area (Å²) in [4.78, 5) is 2.47. The summed E-state index contributed by atoms with van der Waals surface area (Å²) in [5, 5.41) is -0.171. The molecule has 0 atom stereocenters. The van der Waals surface area contributed by atoms with E-state index in [1.807, 2.05) is 24.3 Å². The van der Waals surface area contributed by atoms with E-state index in [1.165, 1.54) is 37.9 Å². The third kappa shape index (κ3) is 3.52. The lowest BCUT2D eigenvalue weighted by Gasteiger charge is -2.26. The predicted molar refractivity (Wildman–Crippen MR) is 81.1 cm³/mol. The van der Waals surface area contributed by atoms with Crippen LogP contribution < -0.4 is 4.72 Å². The van der Waals surface area contributed by atoms with Crippen molar-refractivity contribution < 1.29 is 8.42 Å². The minimum atomic E-state index is -3.14. The van der Waals surface area contributed by atoms with Crippen LogP contribution in [0.3, 0.4) is 0 Å². The SMILES string of the molecule is O=S(=O)(Nc1ccc(CN2CCCCC2)cc1)C1CC1. The molecule has 0 unspecified atom stereocenters. The highest BCUT2D eigenvalue weighted by atomic mass is 32.2. The summed E-state index contributed by atoms with van der Waals surface area (Å²) in [6.45, 7) is 3.32. The molecule has 2 fully saturated rings. The molecule has 1 aromatic carbocycles. The number of nitrogens with one attached hydrogen (secondary N) is 1. The van der Waals surface area contributed by atoms with Crippen molar-refractivity contribution in [2.24, 2.45) is 0 Å². The van der Waals surface area contributed by atoms with Gasteiger partial charge in [0.05, 0.1) is 5.25 Å². The Morgan fingerprint density at radius 1 is 1.05 bits per heavy atom. The summed E-state index contributed by atoms with van der Waals surface area (Å²) in [6, 6.07) is 7.80. The van der Waals surface area contributed by atoms with Crippen molar-refractivity contribution >= 4 is 15.7 Å².